The normalized spacial score (nSPS) is 11.0. The molecular weight excluding hydrogens is 331 g/mol. The second-order valence-corrected chi connectivity index (χ2v) is 5.70. The summed E-state index contributed by atoms with van der Waals surface area (Å²) in [6.45, 7) is 4.51. The number of aromatic nitrogens is 1. The van der Waals surface area contributed by atoms with Crippen molar-refractivity contribution < 1.29 is 9.18 Å². The molecule has 0 aliphatic heterocycles. The molecule has 6 heteroatoms. The Morgan fingerprint density at radius 1 is 1.19 bits per heavy atom. The number of para-hydroxylation sites is 1. The van der Waals surface area contributed by atoms with E-state index in [0.29, 0.717) is 12.2 Å². The molecule has 0 aliphatic carbocycles. The molecule has 0 saturated heterocycles. The Balaban J connectivity index is 1.61. The zero-order chi connectivity index (χ0) is 18.4. The van der Waals surface area contributed by atoms with Gasteiger partial charge in [-0.1, -0.05) is 24.3 Å². The van der Waals surface area contributed by atoms with Crippen molar-refractivity contribution in [3.05, 3.63) is 78.8 Å². The maximum atomic E-state index is 12.8. The van der Waals surface area contributed by atoms with E-state index in [1.807, 2.05) is 36.5 Å². The Labute approximate surface area is 150 Å². The Bertz CT molecular complexity index is 944. The summed E-state index contributed by atoms with van der Waals surface area (Å²) in [6, 6.07) is 13.8. The van der Waals surface area contributed by atoms with E-state index in [4.69, 9.17) is 0 Å². The van der Waals surface area contributed by atoms with E-state index in [-0.39, 0.29) is 18.3 Å². The van der Waals surface area contributed by atoms with Crippen molar-refractivity contribution in [3.63, 3.8) is 0 Å². The summed E-state index contributed by atoms with van der Waals surface area (Å²) in [4.78, 5) is 11.9. The van der Waals surface area contributed by atoms with Gasteiger partial charge in [0.2, 0.25) is 0 Å². The molecule has 5 nitrogen and oxygen atoms in total. The third-order valence-corrected chi connectivity index (χ3v) is 3.84. The molecule has 0 aliphatic rings. The van der Waals surface area contributed by atoms with Gasteiger partial charge in [-0.3, -0.25) is 4.79 Å². The fourth-order valence-corrected chi connectivity index (χ4v) is 2.63. The maximum Gasteiger partial charge on any atom is 0.259 e. The lowest BCUT2D eigenvalue weighted by Gasteiger charge is -2.04. The number of hydrazone groups is 1. The molecule has 1 amide bonds. The van der Waals surface area contributed by atoms with Crippen molar-refractivity contribution in [3.8, 4) is 0 Å². The lowest BCUT2D eigenvalue weighted by atomic mass is 10.2. The van der Waals surface area contributed by atoms with E-state index in [2.05, 4.69) is 27.0 Å². The number of nitrogens with zero attached hydrogens (tertiary/aromatic N) is 2. The highest BCUT2D eigenvalue weighted by molar-refractivity contribution is 5.99. The summed E-state index contributed by atoms with van der Waals surface area (Å²) in [5.41, 5.74) is 5.14. The molecule has 0 fully saturated rings. The first-order valence-electron chi connectivity index (χ1n) is 8.17. The fourth-order valence-electron chi connectivity index (χ4n) is 2.63. The van der Waals surface area contributed by atoms with E-state index in [9.17, 15) is 9.18 Å². The number of hydrogen-bond acceptors (Lipinski definition) is 3. The number of nitrogens with one attached hydrogen (secondary N) is 2. The number of halogens is 1. The van der Waals surface area contributed by atoms with Crippen molar-refractivity contribution in [1.29, 1.82) is 0 Å². The van der Waals surface area contributed by atoms with Crippen molar-refractivity contribution in [2.45, 2.75) is 6.54 Å². The summed E-state index contributed by atoms with van der Waals surface area (Å²) in [5.74, 6) is -0.611. The Hall–Kier alpha value is -3.41. The number of amides is 1. The maximum absolute atomic E-state index is 12.8. The van der Waals surface area contributed by atoms with E-state index in [1.54, 1.807) is 18.3 Å². The number of allylic oxidation sites excluding steroid dienone is 1. The Morgan fingerprint density at radius 3 is 2.73 bits per heavy atom. The first kappa shape index (κ1) is 17.4. The second kappa shape index (κ2) is 8.11. The number of anilines is 1. The second-order valence-electron chi connectivity index (χ2n) is 5.70. The van der Waals surface area contributed by atoms with Crippen LogP contribution in [0.15, 0.2) is 72.5 Å². The predicted octanol–water partition coefficient (Wildman–Crippen LogP) is 3.53. The molecule has 1 aromatic heterocycles. The average molecular weight is 350 g/mol. The van der Waals surface area contributed by atoms with Gasteiger partial charge < -0.3 is 9.88 Å². The van der Waals surface area contributed by atoms with Crippen LogP contribution in [0.5, 0.6) is 0 Å². The highest BCUT2D eigenvalue weighted by Crippen LogP contribution is 2.19. The Morgan fingerprint density at radius 2 is 1.96 bits per heavy atom. The van der Waals surface area contributed by atoms with E-state index in [1.165, 1.54) is 12.1 Å². The quantitative estimate of drug-likeness (QED) is 0.389. The minimum absolute atomic E-state index is 0.0429. The molecular formula is C20H19FN4O. The van der Waals surface area contributed by atoms with Crippen LogP contribution in [0.3, 0.4) is 0 Å². The van der Waals surface area contributed by atoms with Gasteiger partial charge >= 0.3 is 0 Å². The monoisotopic (exact) mass is 350 g/mol. The van der Waals surface area contributed by atoms with Crippen LogP contribution in [0.4, 0.5) is 10.1 Å². The topological polar surface area (TPSA) is 58.4 Å². The molecule has 0 radical (unpaired) electrons. The molecule has 0 saturated carbocycles. The fraction of sp³-hybridized carbons (Fsp3) is 0.100. The minimum Gasteiger partial charge on any atom is -0.376 e. The standard InChI is InChI=1S/C20H19FN4O/c1-2-11-25-14-15(18-5-3-4-6-19(18)25)12-23-24-20(26)13-22-17-9-7-16(21)8-10-17/h2-10,12,14,22H,1,11,13H2,(H,24,26)/b23-12-. The van der Waals surface area contributed by atoms with Gasteiger partial charge in [0.1, 0.15) is 5.82 Å². The van der Waals surface area contributed by atoms with Crippen LogP contribution in [-0.2, 0) is 11.3 Å². The number of hydrogen-bond donors (Lipinski definition) is 2. The number of carbonyl (C=O) groups is 1. The minimum atomic E-state index is -0.319. The van der Waals surface area contributed by atoms with Crippen molar-refractivity contribution in [1.82, 2.24) is 9.99 Å². The molecule has 2 N–H and O–H groups in total. The van der Waals surface area contributed by atoms with Crippen LogP contribution in [-0.4, -0.2) is 23.2 Å². The molecule has 3 rings (SSSR count). The van der Waals surface area contributed by atoms with Gasteiger partial charge in [-0.15, -0.1) is 6.58 Å². The number of fused-ring (bicyclic) bond motifs is 1. The largest absolute Gasteiger partial charge is 0.376 e. The zero-order valence-corrected chi connectivity index (χ0v) is 14.2. The highest BCUT2D eigenvalue weighted by Gasteiger charge is 2.05. The van der Waals surface area contributed by atoms with E-state index >= 15 is 0 Å². The molecule has 2 aromatic carbocycles. The average Bonchev–Trinajstić information content (AvgIpc) is 3.00. The van der Waals surface area contributed by atoms with Gasteiger partial charge in [0.15, 0.2) is 0 Å². The van der Waals surface area contributed by atoms with E-state index in [0.717, 1.165) is 16.5 Å². The summed E-state index contributed by atoms with van der Waals surface area (Å²) >= 11 is 0. The first-order chi connectivity index (χ1) is 12.7. The number of carbonyl (C=O) groups excluding carboxylic acids is 1. The van der Waals surface area contributed by atoms with Crippen LogP contribution in [0.2, 0.25) is 0 Å². The summed E-state index contributed by atoms with van der Waals surface area (Å²) in [7, 11) is 0. The van der Waals surface area contributed by atoms with Crippen LogP contribution >= 0.6 is 0 Å². The van der Waals surface area contributed by atoms with Gasteiger partial charge in [0.05, 0.1) is 12.8 Å². The smallest absolute Gasteiger partial charge is 0.259 e. The summed E-state index contributed by atoms with van der Waals surface area (Å²) < 4.78 is 14.9. The molecule has 1 heterocycles. The van der Waals surface area contributed by atoms with Crippen LogP contribution in [0, 0.1) is 5.82 Å². The molecule has 26 heavy (non-hydrogen) atoms. The van der Waals surface area contributed by atoms with Gasteiger partial charge in [-0.05, 0) is 30.3 Å². The zero-order valence-electron chi connectivity index (χ0n) is 14.2. The van der Waals surface area contributed by atoms with Crippen molar-refractivity contribution >= 4 is 28.7 Å². The van der Waals surface area contributed by atoms with Gasteiger partial charge in [0, 0.05) is 34.9 Å². The molecule has 0 atom stereocenters. The predicted molar refractivity (Wildman–Crippen MR) is 103 cm³/mol. The third-order valence-electron chi connectivity index (χ3n) is 3.84. The van der Waals surface area contributed by atoms with Gasteiger partial charge in [0.25, 0.3) is 5.91 Å². The third kappa shape index (κ3) is 4.16. The summed E-state index contributed by atoms with van der Waals surface area (Å²) in [5, 5.41) is 7.98. The van der Waals surface area contributed by atoms with E-state index < -0.39 is 0 Å². The number of benzene rings is 2. The van der Waals surface area contributed by atoms with Crippen LogP contribution in [0.25, 0.3) is 10.9 Å². The Kier molecular flexibility index (Phi) is 5.43. The molecule has 0 unspecified atom stereocenters. The lowest BCUT2D eigenvalue weighted by molar-refractivity contribution is -0.119. The highest BCUT2D eigenvalue weighted by atomic mass is 19.1. The molecule has 3 aromatic rings. The molecule has 0 bridgehead atoms. The van der Waals surface area contributed by atoms with Crippen molar-refractivity contribution in [2.75, 3.05) is 11.9 Å². The van der Waals surface area contributed by atoms with Gasteiger partial charge in [-0.2, -0.15) is 5.10 Å². The number of rotatable bonds is 7. The van der Waals surface area contributed by atoms with Crippen LogP contribution < -0.4 is 10.7 Å². The molecule has 132 valence electrons. The summed E-state index contributed by atoms with van der Waals surface area (Å²) in [6.07, 6.45) is 5.42. The van der Waals surface area contributed by atoms with Crippen LogP contribution in [0.1, 0.15) is 5.56 Å². The van der Waals surface area contributed by atoms with Crippen molar-refractivity contribution in [2.24, 2.45) is 5.10 Å². The van der Waals surface area contributed by atoms with Gasteiger partial charge in [-0.25, -0.2) is 9.82 Å². The first-order valence-corrected chi connectivity index (χ1v) is 8.17. The lowest BCUT2D eigenvalue weighted by Crippen LogP contribution is -2.25. The SMILES string of the molecule is C=CCn1cc(/C=N\NC(=O)CNc2ccc(F)cc2)c2ccccc21. The molecule has 0 spiro atoms.